The van der Waals surface area contributed by atoms with Gasteiger partial charge >= 0.3 is 0 Å². The van der Waals surface area contributed by atoms with Gasteiger partial charge in [0.25, 0.3) is 0 Å². The van der Waals surface area contributed by atoms with E-state index < -0.39 is 5.95 Å². The van der Waals surface area contributed by atoms with Crippen LogP contribution in [-0.2, 0) is 0 Å². The van der Waals surface area contributed by atoms with Gasteiger partial charge in [0.15, 0.2) is 0 Å². The largest absolute Gasteiger partial charge is 0.220 e. The van der Waals surface area contributed by atoms with E-state index in [0.29, 0.717) is 11.3 Å². The smallest absolute Gasteiger partial charge is 0.213 e. The van der Waals surface area contributed by atoms with Crippen LogP contribution in [0.5, 0.6) is 0 Å². The molecule has 1 aromatic carbocycles. The van der Waals surface area contributed by atoms with Crippen LogP contribution in [0.15, 0.2) is 42.5 Å². The number of hydrogen-bond acceptors (Lipinski definition) is 1. The molecule has 1 aromatic heterocycles. The van der Waals surface area contributed by atoms with Crippen molar-refractivity contribution >= 4 is 0 Å². The van der Waals surface area contributed by atoms with Crippen LogP contribution in [0, 0.1) is 11.8 Å². The van der Waals surface area contributed by atoms with Crippen LogP contribution in [-0.4, -0.2) is 4.98 Å². The van der Waals surface area contributed by atoms with Gasteiger partial charge in [-0.15, -0.1) is 0 Å². The number of nitrogens with zero attached hydrogens (tertiary/aromatic N) is 1. The molecule has 0 unspecified atom stereocenters. The van der Waals surface area contributed by atoms with Gasteiger partial charge in [-0.25, -0.2) is 9.37 Å². The first-order valence-corrected chi connectivity index (χ1v) is 4.14. The fraction of sp³-hybridized carbons (Fsp3) is 0. The zero-order valence-electron chi connectivity index (χ0n) is 7.24. The lowest BCUT2D eigenvalue weighted by Crippen LogP contribution is -1.86. The molecule has 0 N–H and O–H groups in total. The van der Waals surface area contributed by atoms with Gasteiger partial charge in [0.2, 0.25) is 5.95 Å². The minimum absolute atomic E-state index is 0.315. The maximum atomic E-state index is 12.7. The van der Waals surface area contributed by atoms with E-state index in [1.807, 2.05) is 0 Å². The fourth-order valence-corrected chi connectivity index (χ4v) is 1.19. The minimum atomic E-state index is -0.535. The molecule has 3 heteroatoms. The summed E-state index contributed by atoms with van der Waals surface area (Å²) in [4.78, 5) is 3.68. The summed E-state index contributed by atoms with van der Waals surface area (Å²) in [6, 6.07) is 10.3. The minimum Gasteiger partial charge on any atom is -0.220 e. The van der Waals surface area contributed by atoms with Gasteiger partial charge < -0.3 is 0 Å². The molecule has 2 rings (SSSR count). The Bertz CT molecular complexity index is 437. The summed E-state index contributed by atoms with van der Waals surface area (Å²) in [5.74, 6) is -0.850. The maximum absolute atomic E-state index is 12.7. The predicted molar refractivity (Wildman–Crippen MR) is 49.6 cm³/mol. The first kappa shape index (κ1) is 8.81. The lowest BCUT2D eigenvalue weighted by Gasteiger charge is -1.99. The monoisotopic (exact) mass is 191 g/mol. The van der Waals surface area contributed by atoms with Crippen molar-refractivity contribution < 1.29 is 8.78 Å². The molecule has 0 saturated carbocycles. The normalized spacial score (nSPS) is 10.1. The van der Waals surface area contributed by atoms with Crippen LogP contribution in [0.4, 0.5) is 8.78 Å². The molecule has 2 aromatic rings. The zero-order chi connectivity index (χ0) is 9.97. The SMILES string of the molecule is Fc1ccc(-c2cccc(F)n2)cc1. The second kappa shape index (κ2) is 3.54. The summed E-state index contributed by atoms with van der Waals surface area (Å²) in [5.41, 5.74) is 1.20. The van der Waals surface area contributed by atoms with Gasteiger partial charge in [-0.3, -0.25) is 0 Å². The van der Waals surface area contributed by atoms with Crippen LogP contribution in [0.2, 0.25) is 0 Å². The van der Waals surface area contributed by atoms with Gasteiger partial charge in [0, 0.05) is 5.56 Å². The molecule has 0 aliphatic heterocycles. The summed E-state index contributed by atoms with van der Waals surface area (Å²) >= 11 is 0. The van der Waals surface area contributed by atoms with E-state index in [-0.39, 0.29) is 5.82 Å². The highest BCUT2D eigenvalue weighted by molar-refractivity contribution is 5.58. The Labute approximate surface area is 80.0 Å². The molecule has 0 spiro atoms. The van der Waals surface area contributed by atoms with E-state index in [4.69, 9.17) is 0 Å². The molecule has 0 amide bonds. The molecule has 0 bridgehead atoms. The van der Waals surface area contributed by atoms with Gasteiger partial charge in [-0.05, 0) is 36.4 Å². The van der Waals surface area contributed by atoms with Crippen LogP contribution in [0.3, 0.4) is 0 Å². The first-order valence-electron chi connectivity index (χ1n) is 4.14. The number of benzene rings is 1. The summed E-state index contributed by atoms with van der Waals surface area (Å²) in [6.07, 6.45) is 0. The third-order valence-electron chi connectivity index (χ3n) is 1.86. The van der Waals surface area contributed by atoms with Crippen molar-refractivity contribution in [3.8, 4) is 11.3 Å². The van der Waals surface area contributed by atoms with Crippen LogP contribution in [0.25, 0.3) is 11.3 Å². The summed E-state index contributed by atoms with van der Waals surface area (Å²) in [5, 5.41) is 0. The van der Waals surface area contributed by atoms with E-state index in [2.05, 4.69) is 4.98 Å². The second-order valence-electron chi connectivity index (χ2n) is 2.85. The Morgan fingerprint density at radius 2 is 1.57 bits per heavy atom. The average molecular weight is 191 g/mol. The standard InChI is InChI=1S/C11H7F2N/c12-9-6-4-8(5-7-9)10-2-1-3-11(13)14-10/h1-7H. The summed E-state index contributed by atoms with van der Waals surface area (Å²) in [7, 11) is 0. The van der Waals surface area contributed by atoms with E-state index in [1.54, 1.807) is 24.3 Å². The van der Waals surface area contributed by atoms with E-state index >= 15 is 0 Å². The van der Waals surface area contributed by atoms with Crippen molar-refractivity contribution in [1.82, 2.24) is 4.98 Å². The zero-order valence-corrected chi connectivity index (χ0v) is 7.24. The molecule has 14 heavy (non-hydrogen) atoms. The van der Waals surface area contributed by atoms with E-state index in [0.717, 1.165) is 0 Å². The topological polar surface area (TPSA) is 12.9 Å². The Balaban J connectivity index is 2.44. The highest BCUT2D eigenvalue weighted by atomic mass is 19.1. The highest BCUT2D eigenvalue weighted by Gasteiger charge is 2.00. The van der Waals surface area contributed by atoms with E-state index in [9.17, 15) is 8.78 Å². The molecule has 70 valence electrons. The van der Waals surface area contributed by atoms with Crippen molar-refractivity contribution in [1.29, 1.82) is 0 Å². The van der Waals surface area contributed by atoms with Crippen LogP contribution >= 0.6 is 0 Å². The van der Waals surface area contributed by atoms with Crippen molar-refractivity contribution in [2.24, 2.45) is 0 Å². The third kappa shape index (κ3) is 1.76. The van der Waals surface area contributed by atoms with Crippen molar-refractivity contribution in [3.63, 3.8) is 0 Å². The van der Waals surface area contributed by atoms with Gasteiger partial charge in [-0.1, -0.05) is 6.07 Å². The predicted octanol–water partition coefficient (Wildman–Crippen LogP) is 3.03. The molecule has 0 aliphatic rings. The number of aromatic nitrogens is 1. The molecule has 0 fully saturated rings. The van der Waals surface area contributed by atoms with Crippen molar-refractivity contribution in [2.45, 2.75) is 0 Å². The summed E-state index contributed by atoms with van der Waals surface area (Å²) < 4.78 is 25.3. The Hall–Kier alpha value is -1.77. The van der Waals surface area contributed by atoms with Crippen molar-refractivity contribution in [2.75, 3.05) is 0 Å². The average Bonchev–Trinajstić information content (AvgIpc) is 2.19. The Morgan fingerprint density at radius 1 is 0.857 bits per heavy atom. The first-order chi connectivity index (χ1) is 6.75. The summed E-state index contributed by atoms with van der Waals surface area (Å²) in [6.45, 7) is 0. The van der Waals surface area contributed by atoms with Gasteiger partial charge in [0.05, 0.1) is 5.69 Å². The fourth-order valence-electron chi connectivity index (χ4n) is 1.19. The molecule has 0 atom stereocenters. The number of hydrogen-bond donors (Lipinski definition) is 0. The third-order valence-corrected chi connectivity index (χ3v) is 1.86. The number of halogens is 2. The Morgan fingerprint density at radius 3 is 2.21 bits per heavy atom. The van der Waals surface area contributed by atoms with E-state index in [1.165, 1.54) is 18.2 Å². The van der Waals surface area contributed by atoms with Gasteiger partial charge in [-0.2, -0.15) is 4.39 Å². The Kier molecular flexibility index (Phi) is 2.23. The molecule has 0 aliphatic carbocycles. The molecular formula is C11H7F2N. The van der Waals surface area contributed by atoms with Gasteiger partial charge in [0.1, 0.15) is 5.82 Å². The van der Waals surface area contributed by atoms with Crippen LogP contribution < -0.4 is 0 Å². The molecular weight excluding hydrogens is 184 g/mol. The molecule has 1 heterocycles. The number of pyridine rings is 1. The lowest BCUT2D eigenvalue weighted by atomic mass is 10.1. The maximum Gasteiger partial charge on any atom is 0.213 e. The molecule has 0 radical (unpaired) electrons. The number of rotatable bonds is 1. The van der Waals surface area contributed by atoms with Crippen LogP contribution in [0.1, 0.15) is 0 Å². The highest BCUT2D eigenvalue weighted by Crippen LogP contribution is 2.16. The lowest BCUT2D eigenvalue weighted by molar-refractivity contribution is 0.585. The molecule has 0 saturated heterocycles. The van der Waals surface area contributed by atoms with Crippen molar-refractivity contribution in [3.05, 3.63) is 54.2 Å². The second-order valence-corrected chi connectivity index (χ2v) is 2.85. The quantitative estimate of drug-likeness (QED) is 0.631. The molecule has 1 nitrogen and oxygen atoms in total.